The average Bonchev–Trinajstić information content (AvgIpc) is 3.31. The summed E-state index contributed by atoms with van der Waals surface area (Å²) in [6.07, 6.45) is 1.50. The van der Waals surface area contributed by atoms with Crippen molar-refractivity contribution in [3.63, 3.8) is 0 Å². The third-order valence-electron chi connectivity index (χ3n) is 5.52. The van der Waals surface area contributed by atoms with Crippen LogP contribution in [-0.2, 0) is 0 Å². The highest BCUT2D eigenvalue weighted by Crippen LogP contribution is 2.32. The Morgan fingerprint density at radius 3 is 2.57 bits per heavy atom. The van der Waals surface area contributed by atoms with Gasteiger partial charge in [0.2, 0.25) is 0 Å². The zero-order valence-electron chi connectivity index (χ0n) is 16.7. The Bertz CT molecular complexity index is 1170. The summed E-state index contributed by atoms with van der Waals surface area (Å²) in [5.74, 6) is 2.15. The SMILES string of the molecule is CC#Cc1ccc(C(=O)O)c2c1cnn2C(C)c1ccc(N2CCC(F)(F)C2)cc1. The van der Waals surface area contributed by atoms with Gasteiger partial charge in [-0.15, -0.1) is 5.92 Å². The number of fused-ring (bicyclic) bond motifs is 1. The molecule has 5 nitrogen and oxygen atoms in total. The van der Waals surface area contributed by atoms with Crippen LogP contribution in [-0.4, -0.2) is 39.9 Å². The number of carboxylic acids is 1. The highest BCUT2D eigenvalue weighted by molar-refractivity contribution is 6.03. The summed E-state index contributed by atoms with van der Waals surface area (Å²) in [4.78, 5) is 13.5. The highest BCUT2D eigenvalue weighted by Gasteiger charge is 2.38. The van der Waals surface area contributed by atoms with Gasteiger partial charge < -0.3 is 10.0 Å². The van der Waals surface area contributed by atoms with Gasteiger partial charge in [-0.1, -0.05) is 18.1 Å². The lowest BCUT2D eigenvalue weighted by Crippen LogP contribution is -2.24. The lowest BCUT2D eigenvalue weighted by atomic mass is 10.0. The third-order valence-corrected chi connectivity index (χ3v) is 5.52. The molecule has 1 unspecified atom stereocenters. The maximum atomic E-state index is 13.5. The predicted molar refractivity (Wildman–Crippen MR) is 111 cm³/mol. The smallest absolute Gasteiger partial charge is 0.337 e. The third kappa shape index (κ3) is 3.50. The van der Waals surface area contributed by atoms with E-state index in [9.17, 15) is 18.7 Å². The van der Waals surface area contributed by atoms with Crippen molar-refractivity contribution in [2.24, 2.45) is 0 Å². The Morgan fingerprint density at radius 1 is 1.23 bits per heavy atom. The molecule has 1 aromatic heterocycles. The van der Waals surface area contributed by atoms with Crippen molar-refractivity contribution in [3.05, 3.63) is 59.3 Å². The molecule has 1 aliphatic heterocycles. The van der Waals surface area contributed by atoms with Crippen LogP contribution in [0.3, 0.4) is 0 Å². The van der Waals surface area contributed by atoms with Crippen molar-refractivity contribution in [2.75, 3.05) is 18.0 Å². The molecule has 30 heavy (non-hydrogen) atoms. The van der Waals surface area contributed by atoms with Crippen molar-refractivity contribution >= 4 is 22.6 Å². The predicted octanol–water partition coefficient (Wildman–Crippen LogP) is 4.56. The van der Waals surface area contributed by atoms with Gasteiger partial charge in [0.15, 0.2) is 0 Å². The van der Waals surface area contributed by atoms with E-state index in [1.165, 1.54) is 0 Å². The molecule has 1 fully saturated rings. The largest absolute Gasteiger partial charge is 0.478 e. The number of carboxylic acid groups (broad SMARTS) is 1. The standard InChI is InChI=1S/C23H21F2N3O2/c1-3-4-17-7-10-19(22(29)30)21-20(17)13-26-28(21)15(2)16-5-8-18(9-6-16)27-12-11-23(24,25)14-27/h5-10,13,15H,11-12,14H2,1-2H3,(H,29,30). The molecule has 154 valence electrons. The number of aromatic nitrogens is 2. The minimum atomic E-state index is -2.65. The lowest BCUT2D eigenvalue weighted by molar-refractivity contribution is 0.0257. The number of hydrogen-bond acceptors (Lipinski definition) is 3. The maximum Gasteiger partial charge on any atom is 0.337 e. The van der Waals surface area contributed by atoms with E-state index in [0.29, 0.717) is 17.4 Å². The number of nitrogens with zero attached hydrogens (tertiary/aromatic N) is 3. The van der Waals surface area contributed by atoms with Gasteiger partial charge in [-0.25, -0.2) is 13.6 Å². The van der Waals surface area contributed by atoms with Gasteiger partial charge in [0.25, 0.3) is 5.92 Å². The molecule has 0 aliphatic carbocycles. The van der Waals surface area contributed by atoms with E-state index in [4.69, 9.17) is 0 Å². The number of carbonyl (C=O) groups is 1. The van der Waals surface area contributed by atoms with E-state index in [1.807, 2.05) is 31.2 Å². The van der Waals surface area contributed by atoms with Crippen molar-refractivity contribution in [1.82, 2.24) is 9.78 Å². The van der Waals surface area contributed by atoms with Crippen molar-refractivity contribution in [2.45, 2.75) is 32.2 Å². The van der Waals surface area contributed by atoms with Gasteiger partial charge in [0.05, 0.1) is 29.9 Å². The second-order valence-corrected chi connectivity index (χ2v) is 7.49. The first-order valence-corrected chi connectivity index (χ1v) is 9.70. The minimum absolute atomic E-state index is 0.134. The molecular weight excluding hydrogens is 388 g/mol. The van der Waals surface area contributed by atoms with E-state index < -0.39 is 11.9 Å². The number of benzene rings is 2. The van der Waals surface area contributed by atoms with Crippen LogP contribution in [0.1, 0.15) is 47.8 Å². The quantitative estimate of drug-likeness (QED) is 0.642. The molecule has 0 amide bonds. The van der Waals surface area contributed by atoms with Gasteiger partial charge in [-0.05, 0) is 43.7 Å². The van der Waals surface area contributed by atoms with Gasteiger partial charge in [-0.2, -0.15) is 5.10 Å². The molecule has 0 spiro atoms. The summed E-state index contributed by atoms with van der Waals surface area (Å²) in [6, 6.07) is 10.4. The van der Waals surface area contributed by atoms with Crippen LogP contribution in [0.2, 0.25) is 0 Å². The molecule has 1 saturated heterocycles. The van der Waals surface area contributed by atoms with Crippen LogP contribution in [0.4, 0.5) is 14.5 Å². The molecule has 0 saturated carbocycles. The summed E-state index contributed by atoms with van der Waals surface area (Å²) in [6.45, 7) is 3.71. The Kier molecular flexibility index (Phi) is 4.94. The zero-order valence-corrected chi connectivity index (χ0v) is 16.7. The first kappa shape index (κ1) is 19.9. The summed E-state index contributed by atoms with van der Waals surface area (Å²) in [7, 11) is 0. The normalized spacial score (nSPS) is 16.3. The molecule has 1 N–H and O–H groups in total. The van der Waals surface area contributed by atoms with Gasteiger partial charge in [0.1, 0.15) is 0 Å². The highest BCUT2D eigenvalue weighted by atomic mass is 19.3. The first-order chi connectivity index (χ1) is 14.3. The van der Waals surface area contributed by atoms with Crippen LogP contribution < -0.4 is 4.90 Å². The number of aromatic carboxylic acids is 1. The zero-order chi connectivity index (χ0) is 21.5. The van der Waals surface area contributed by atoms with Gasteiger partial charge in [-0.3, -0.25) is 4.68 Å². The number of hydrogen-bond donors (Lipinski definition) is 1. The Hall–Kier alpha value is -3.40. The van der Waals surface area contributed by atoms with Crippen molar-refractivity contribution in [1.29, 1.82) is 0 Å². The second kappa shape index (κ2) is 7.45. The monoisotopic (exact) mass is 409 g/mol. The number of anilines is 1. The molecule has 4 rings (SSSR count). The molecule has 2 heterocycles. The van der Waals surface area contributed by atoms with E-state index in [2.05, 4.69) is 16.9 Å². The van der Waals surface area contributed by atoms with Crippen molar-refractivity contribution < 1.29 is 18.7 Å². The van der Waals surface area contributed by atoms with Gasteiger partial charge in [0, 0.05) is 29.6 Å². The molecular formula is C23H21F2N3O2. The summed E-state index contributed by atoms with van der Waals surface area (Å²) in [5, 5.41) is 14.8. The summed E-state index contributed by atoms with van der Waals surface area (Å²) >= 11 is 0. The van der Waals surface area contributed by atoms with Crippen LogP contribution in [0.5, 0.6) is 0 Å². The molecule has 0 radical (unpaired) electrons. The van der Waals surface area contributed by atoms with E-state index >= 15 is 0 Å². The molecule has 7 heteroatoms. The Balaban J connectivity index is 1.71. The minimum Gasteiger partial charge on any atom is -0.478 e. The fourth-order valence-electron chi connectivity index (χ4n) is 3.93. The van der Waals surface area contributed by atoms with E-state index in [0.717, 1.165) is 16.8 Å². The van der Waals surface area contributed by atoms with Crippen LogP contribution in [0.25, 0.3) is 10.9 Å². The molecule has 1 aliphatic rings. The van der Waals surface area contributed by atoms with Gasteiger partial charge >= 0.3 is 5.97 Å². The molecule has 2 aromatic carbocycles. The summed E-state index contributed by atoms with van der Waals surface area (Å²) in [5.41, 5.74) is 3.05. The fourth-order valence-corrected chi connectivity index (χ4v) is 3.93. The topological polar surface area (TPSA) is 58.4 Å². The first-order valence-electron chi connectivity index (χ1n) is 9.70. The lowest BCUT2D eigenvalue weighted by Gasteiger charge is -2.20. The van der Waals surface area contributed by atoms with Crippen molar-refractivity contribution in [3.8, 4) is 11.8 Å². The van der Waals surface area contributed by atoms with E-state index in [1.54, 1.807) is 34.8 Å². The number of halogens is 2. The van der Waals surface area contributed by atoms with Crippen LogP contribution in [0.15, 0.2) is 42.6 Å². The van der Waals surface area contributed by atoms with E-state index in [-0.39, 0.29) is 24.6 Å². The maximum absolute atomic E-state index is 13.5. The number of alkyl halides is 2. The fraction of sp³-hybridized carbons (Fsp3) is 0.304. The van der Waals surface area contributed by atoms with Crippen LogP contribution in [0, 0.1) is 11.8 Å². The average molecular weight is 409 g/mol. The molecule has 1 atom stereocenters. The molecule has 3 aromatic rings. The summed E-state index contributed by atoms with van der Waals surface area (Å²) < 4.78 is 28.7. The van der Waals surface area contributed by atoms with Crippen LogP contribution >= 0.6 is 0 Å². The Labute approximate surface area is 172 Å². The molecule has 0 bridgehead atoms. The number of rotatable bonds is 4. The second-order valence-electron chi connectivity index (χ2n) is 7.49. The Morgan fingerprint density at radius 2 is 1.97 bits per heavy atom.